The van der Waals surface area contributed by atoms with Crippen LogP contribution in [-0.4, -0.2) is 0 Å². The third-order valence-electron chi connectivity index (χ3n) is 8.37. The van der Waals surface area contributed by atoms with Crippen molar-refractivity contribution < 1.29 is 0 Å². The van der Waals surface area contributed by atoms with E-state index in [0.717, 1.165) is 35.5 Å². The van der Waals surface area contributed by atoms with E-state index in [2.05, 4.69) is 38.2 Å². The summed E-state index contributed by atoms with van der Waals surface area (Å²) in [5.41, 5.74) is 0. The first-order valence-electron chi connectivity index (χ1n) is 13.1. The van der Waals surface area contributed by atoms with E-state index in [4.69, 9.17) is 0 Å². The molecule has 0 aromatic heterocycles. The van der Waals surface area contributed by atoms with E-state index in [1.54, 1.807) is 0 Å². The van der Waals surface area contributed by atoms with Gasteiger partial charge in [-0.3, -0.25) is 0 Å². The zero-order valence-corrected chi connectivity index (χ0v) is 19.1. The van der Waals surface area contributed by atoms with E-state index >= 15 is 0 Å². The Hall–Kier alpha value is -0.520. The minimum atomic E-state index is 0.731. The largest absolute Gasteiger partial charge is 0.0848 e. The molecule has 2 atom stereocenters. The molecule has 0 N–H and O–H groups in total. The van der Waals surface area contributed by atoms with Crippen molar-refractivity contribution in [3.8, 4) is 0 Å². The van der Waals surface area contributed by atoms with Crippen molar-refractivity contribution in [2.24, 2.45) is 35.5 Å². The molecule has 0 nitrogen and oxygen atoms in total. The van der Waals surface area contributed by atoms with Crippen LogP contribution in [0.5, 0.6) is 0 Å². The van der Waals surface area contributed by atoms with E-state index in [1.165, 1.54) is 103 Å². The number of hydrogen-bond donors (Lipinski definition) is 0. The maximum Gasteiger partial charge on any atom is -0.00531 e. The third kappa shape index (κ3) is 7.07. The standard InChI is InChI=1S/C28H48/c1-3-5-6-8-24-15-19-27(20-16-24)28-21-17-26(18-22-28)14-13-25-11-9-23(7-4-2)10-12-25/h13-14,17,21,23-28H,3-12,15-16,18-20,22H2,1-2H3. The SMILES string of the molecule is CCCCCC1CCC(C2C=CC(C=CC3CCC(CCC)CC3)CC2)CC1. The summed E-state index contributed by atoms with van der Waals surface area (Å²) in [5.74, 6) is 5.59. The molecule has 0 heterocycles. The Bertz CT molecular complexity index is 456. The smallest absolute Gasteiger partial charge is 0.00531 e. The van der Waals surface area contributed by atoms with Gasteiger partial charge >= 0.3 is 0 Å². The lowest BCUT2D eigenvalue weighted by atomic mass is 9.71. The molecule has 0 aromatic rings. The highest BCUT2D eigenvalue weighted by Gasteiger charge is 2.28. The summed E-state index contributed by atoms with van der Waals surface area (Å²) >= 11 is 0. The van der Waals surface area contributed by atoms with E-state index in [0.29, 0.717) is 0 Å². The molecular formula is C28H48. The molecule has 3 aliphatic carbocycles. The average molecular weight is 385 g/mol. The lowest BCUT2D eigenvalue weighted by molar-refractivity contribution is 0.206. The Labute approximate surface area is 176 Å². The highest BCUT2D eigenvalue weighted by Crippen LogP contribution is 2.40. The lowest BCUT2D eigenvalue weighted by Gasteiger charge is -2.35. The van der Waals surface area contributed by atoms with Crippen LogP contribution in [0.2, 0.25) is 0 Å². The fraction of sp³-hybridized carbons (Fsp3) is 0.857. The molecule has 160 valence electrons. The minimum Gasteiger partial charge on any atom is -0.0848 e. The Morgan fingerprint density at radius 2 is 1.36 bits per heavy atom. The second kappa shape index (κ2) is 12.2. The maximum atomic E-state index is 2.62. The van der Waals surface area contributed by atoms with Gasteiger partial charge in [0, 0.05) is 0 Å². The Morgan fingerprint density at radius 1 is 0.643 bits per heavy atom. The molecule has 0 bridgehead atoms. The third-order valence-corrected chi connectivity index (χ3v) is 8.37. The van der Waals surface area contributed by atoms with E-state index in [9.17, 15) is 0 Å². The summed E-state index contributed by atoms with van der Waals surface area (Å²) in [7, 11) is 0. The zero-order chi connectivity index (χ0) is 19.6. The highest BCUT2D eigenvalue weighted by atomic mass is 14.3. The van der Waals surface area contributed by atoms with Crippen LogP contribution < -0.4 is 0 Å². The van der Waals surface area contributed by atoms with Gasteiger partial charge in [0.1, 0.15) is 0 Å². The molecule has 0 saturated heterocycles. The number of rotatable bonds is 9. The first kappa shape index (κ1) is 22.2. The summed E-state index contributed by atoms with van der Waals surface area (Å²) in [6.45, 7) is 4.67. The van der Waals surface area contributed by atoms with Gasteiger partial charge in [-0.25, -0.2) is 0 Å². The van der Waals surface area contributed by atoms with Crippen molar-refractivity contribution in [2.45, 2.75) is 117 Å². The number of allylic oxidation sites excluding steroid dienone is 4. The van der Waals surface area contributed by atoms with Crippen LogP contribution in [0.1, 0.15) is 117 Å². The van der Waals surface area contributed by atoms with Gasteiger partial charge in [0.05, 0.1) is 0 Å². The van der Waals surface area contributed by atoms with Crippen LogP contribution in [0.4, 0.5) is 0 Å². The van der Waals surface area contributed by atoms with Crippen LogP contribution in [0.3, 0.4) is 0 Å². The molecular weight excluding hydrogens is 336 g/mol. The number of hydrogen-bond acceptors (Lipinski definition) is 0. The molecule has 0 amide bonds. The predicted molar refractivity (Wildman–Crippen MR) is 124 cm³/mol. The van der Waals surface area contributed by atoms with Gasteiger partial charge in [0.15, 0.2) is 0 Å². The second-order valence-corrected chi connectivity index (χ2v) is 10.5. The second-order valence-electron chi connectivity index (χ2n) is 10.5. The van der Waals surface area contributed by atoms with Gasteiger partial charge in [-0.1, -0.05) is 89.5 Å². The fourth-order valence-corrected chi connectivity index (χ4v) is 6.38. The van der Waals surface area contributed by atoms with Crippen molar-refractivity contribution in [3.63, 3.8) is 0 Å². The quantitative estimate of drug-likeness (QED) is 0.274. The molecule has 3 aliphatic rings. The van der Waals surface area contributed by atoms with Crippen LogP contribution in [0, 0.1) is 35.5 Å². The molecule has 2 unspecified atom stereocenters. The van der Waals surface area contributed by atoms with Crippen molar-refractivity contribution in [3.05, 3.63) is 24.3 Å². The van der Waals surface area contributed by atoms with E-state index < -0.39 is 0 Å². The Kier molecular flexibility index (Phi) is 9.69. The molecule has 0 spiro atoms. The van der Waals surface area contributed by atoms with Gasteiger partial charge in [0.2, 0.25) is 0 Å². The molecule has 0 heteroatoms. The van der Waals surface area contributed by atoms with Crippen LogP contribution >= 0.6 is 0 Å². The lowest BCUT2D eigenvalue weighted by Crippen LogP contribution is -2.23. The first-order valence-corrected chi connectivity index (χ1v) is 13.1. The molecule has 2 fully saturated rings. The van der Waals surface area contributed by atoms with Crippen molar-refractivity contribution >= 4 is 0 Å². The molecule has 0 aromatic carbocycles. The van der Waals surface area contributed by atoms with Gasteiger partial charge in [-0.15, -0.1) is 0 Å². The molecule has 2 saturated carbocycles. The molecule has 0 aliphatic heterocycles. The van der Waals surface area contributed by atoms with Crippen LogP contribution in [0.15, 0.2) is 24.3 Å². The zero-order valence-electron chi connectivity index (χ0n) is 19.1. The summed E-state index contributed by atoms with van der Waals surface area (Å²) in [4.78, 5) is 0. The van der Waals surface area contributed by atoms with Gasteiger partial charge in [-0.05, 0) is 86.9 Å². The average Bonchev–Trinajstić information content (AvgIpc) is 2.75. The van der Waals surface area contributed by atoms with Crippen molar-refractivity contribution in [2.75, 3.05) is 0 Å². The molecule has 3 rings (SSSR count). The summed E-state index contributed by atoms with van der Waals surface area (Å²) < 4.78 is 0. The fourth-order valence-electron chi connectivity index (χ4n) is 6.38. The highest BCUT2D eigenvalue weighted by molar-refractivity contribution is 5.08. The van der Waals surface area contributed by atoms with Crippen LogP contribution in [-0.2, 0) is 0 Å². The van der Waals surface area contributed by atoms with Gasteiger partial charge in [-0.2, -0.15) is 0 Å². The first-order chi connectivity index (χ1) is 13.8. The molecule has 28 heavy (non-hydrogen) atoms. The normalized spacial score (nSPS) is 36.8. The summed E-state index contributed by atoms with van der Waals surface area (Å²) in [5, 5.41) is 0. The van der Waals surface area contributed by atoms with Gasteiger partial charge < -0.3 is 0 Å². The summed E-state index contributed by atoms with van der Waals surface area (Å²) in [6.07, 6.45) is 33.7. The maximum absolute atomic E-state index is 2.62. The van der Waals surface area contributed by atoms with Crippen molar-refractivity contribution in [1.82, 2.24) is 0 Å². The summed E-state index contributed by atoms with van der Waals surface area (Å²) in [6, 6.07) is 0. The van der Waals surface area contributed by atoms with E-state index in [-0.39, 0.29) is 0 Å². The Balaban J connectivity index is 1.34. The number of unbranched alkanes of at least 4 members (excludes halogenated alkanes) is 2. The van der Waals surface area contributed by atoms with E-state index in [1.807, 2.05) is 0 Å². The van der Waals surface area contributed by atoms with Gasteiger partial charge in [0.25, 0.3) is 0 Å². The topological polar surface area (TPSA) is 0 Å². The monoisotopic (exact) mass is 384 g/mol. The van der Waals surface area contributed by atoms with Crippen molar-refractivity contribution in [1.29, 1.82) is 0 Å². The van der Waals surface area contributed by atoms with Crippen LogP contribution in [0.25, 0.3) is 0 Å². The predicted octanol–water partition coefficient (Wildman–Crippen LogP) is 9.12. The Morgan fingerprint density at radius 3 is 2.00 bits per heavy atom. The molecule has 0 radical (unpaired) electrons. The minimum absolute atomic E-state index is 0.731.